The number of unbranched alkanes of at least 4 members (excludes halogenated alkanes) is 6. The van der Waals surface area contributed by atoms with Crippen molar-refractivity contribution in [3.8, 4) is 5.75 Å². The molecule has 2 saturated carbocycles. The molecule has 5 nitrogen and oxygen atoms in total. The largest absolute Gasteiger partial charge is 0.534 e. The van der Waals surface area contributed by atoms with Crippen molar-refractivity contribution in [3.63, 3.8) is 0 Å². The van der Waals surface area contributed by atoms with Crippen LogP contribution >= 0.6 is 11.8 Å². The fourth-order valence-corrected chi connectivity index (χ4v) is 10.2. The predicted octanol–water partition coefficient (Wildman–Crippen LogP) is 10.8. The molecule has 4 rings (SSSR count). The van der Waals surface area contributed by atoms with E-state index in [4.69, 9.17) is 4.74 Å². The molecule has 3 aliphatic carbocycles. The second kappa shape index (κ2) is 16.5. The summed E-state index contributed by atoms with van der Waals surface area (Å²) in [5.74, 6) is -3.31. The highest BCUT2D eigenvalue weighted by molar-refractivity contribution is 7.99. The average Bonchev–Trinajstić information content (AvgIpc) is 3.32. The van der Waals surface area contributed by atoms with Gasteiger partial charge in [-0.3, -0.25) is 4.79 Å². The van der Waals surface area contributed by atoms with Crippen LogP contribution in [0.2, 0.25) is 0 Å². The third-order valence-corrected chi connectivity index (χ3v) is 13.3. The van der Waals surface area contributed by atoms with Crippen LogP contribution in [0, 0.1) is 23.2 Å². The quantitative estimate of drug-likeness (QED) is 0.0517. The lowest BCUT2D eigenvalue weighted by Gasteiger charge is -2.53. The molecule has 0 heterocycles. The number of esters is 1. The number of alkyl halides is 8. The average molecular weight is 765 g/mol. The first-order valence-corrected chi connectivity index (χ1v) is 20.2. The van der Waals surface area contributed by atoms with Gasteiger partial charge in [0.2, 0.25) is 0 Å². The van der Waals surface area contributed by atoms with Crippen molar-refractivity contribution in [2.45, 2.75) is 140 Å². The number of hydrogen-bond acceptors (Lipinski definition) is 6. The number of carbonyl (C=O) groups is 1. The van der Waals surface area contributed by atoms with Crippen molar-refractivity contribution in [1.82, 2.24) is 0 Å². The Morgan fingerprint density at radius 3 is 2.18 bits per heavy atom. The zero-order valence-corrected chi connectivity index (χ0v) is 30.2. The van der Waals surface area contributed by atoms with Crippen LogP contribution < -0.4 is 4.18 Å². The van der Waals surface area contributed by atoms with Crippen LogP contribution in [0.4, 0.5) is 35.1 Å². The van der Waals surface area contributed by atoms with Gasteiger partial charge in [0.1, 0.15) is 11.9 Å². The van der Waals surface area contributed by atoms with E-state index < -0.39 is 34.1 Å². The number of thioether (sulfide) groups is 1. The third-order valence-electron chi connectivity index (χ3n) is 11.1. The maximum Gasteiger partial charge on any atom is 0.534 e. The summed E-state index contributed by atoms with van der Waals surface area (Å²) in [6.45, 7) is 3.64. The lowest BCUT2D eigenvalue weighted by molar-refractivity contribution is -0.284. The molecule has 286 valence electrons. The van der Waals surface area contributed by atoms with Gasteiger partial charge in [-0.2, -0.15) is 55.3 Å². The molecule has 0 aliphatic heterocycles. The van der Waals surface area contributed by atoms with Gasteiger partial charge in [-0.1, -0.05) is 51.5 Å². The molecule has 0 bridgehead atoms. The number of halogens is 8. The van der Waals surface area contributed by atoms with Crippen LogP contribution in [-0.2, 0) is 26.1 Å². The Morgan fingerprint density at radius 2 is 1.54 bits per heavy atom. The van der Waals surface area contributed by atoms with Gasteiger partial charge in [0.15, 0.2) is 0 Å². The van der Waals surface area contributed by atoms with Crippen molar-refractivity contribution >= 4 is 27.8 Å². The number of fused-ring (bicyclic) bond motifs is 5. The molecule has 0 spiro atoms. The Hall–Kier alpha value is -1.77. The van der Waals surface area contributed by atoms with E-state index in [2.05, 4.69) is 11.1 Å². The van der Waals surface area contributed by atoms with Gasteiger partial charge in [0, 0.05) is 18.8 Å². The summed E-state index contributed by atoms with van der Waals surface area (Å²) in [7, 11) is -5.80. The van der Waals surface area contributed by atoms with Gasteiger partial charge < -0.3 is 8.92 Å². The van der Waals surface area contributed by atoms with Crippen molar-refractivity contribution in [2.75, 3.05) is 11.5 Å². The molecule has 3 aliphatic rings. The highest BCUT2D eigenvalue weighted by atomic mass is 32.2. The van der Waals surface area contributed by atoms with E-state index in [1.165, 1.54) is 30.8 Å². The molecule has 0 radical (unpaired) electrons. The Morgan fingerprint density at radius 1 is 0.900 bits per heavy atom. The zero-order chi connectivity index (χ0) is 37.0. The smallest absolute Gasteiger partial charge is 0.462 e. The monoisotopic (exact) mass is 764 g/mol. The molecule has 6 atom stereocenters. The molecule has 15 heteroatoms. The summed E-state index contributed by atoms with van der Waals surface area (Å²) in [6.07, 6.45) is 4.65. The molecule has 1 aromatic rings. The van der Waals surface area contributed by atoms with E-state index >= 15 is 0 Å². The number of hydrogen-bond donors (Lipinski definition) is 0. The van der Waals surface area contributed by atoms with Crippen LogP contribution in [0.25, 0.3) is 0 Å². The van der Waals surface area contributed by atoms with Crippen molar-refractivity contribution in [1.29, 1.82) is 0 Å². The minimum absolute atomic E-state index is 0.158. The predicted molar refractivity (Wildman–Crippen MR) is 176 cm³/mol. The SMILES string of the molecule is CC(=O)OC1CCC2C3C(CCCCCCCCCSCCCC(F)(F)C(F)(F)F)Cc4cc(OS(=O)(=O)C(F)(F)F)ccc4C3CCC12C. The minimum atomic E-state index is -5.80. The maximum atomic E-state index is 13.0. The highest BCUT2D eigenvalue weighted by Gasteiger charge is 2.58. The first kappa shape index (κ1) is 41.0. The Balaban J connectivity index is 1.29. The summed E-state index contributed by atoms with van der Waals surface area (Å²) < 4.78 is 135. The molecule has 0 N–H and O–H groups in total. The first-order chi connectivity index (χ1) is 23.3. The molecule has 1 aromatic carbocycles. The molecule has 0 amide bonds. The van der Waals surface area contributed by atoms with Gasteiger partial charge in [0.05, 0.1) is 0 Å². The van der Waals surface area contributed by atoms with Gasteiger partial charge >= 0.3 is 33.7 Å². The number of carbonyl (C=O) groups excluding carboxylic acids is 1. The standard InChI is InChI=1S/C35H48F8O5S2/c1-23(44)47-30-15-14-29-31-24(11-8-6-4-3-5-7-9-19-49-20-10-17-33(36,37)34(38,39)40)21-25-22-26(48-50(45,46)35(41,42)43)12-13-27(25)28(31)16-18-32(29,30)2/h12-13,22,24,28-31H,3-11,14-21H2,1-2H3. The fraction of sp³-hybridized carbons (Fsp3) is 0.800. The number of rotatable bonds is 17. The molecule has 6 unspecified atom stereocenters. The third kappa shape index (κ3) is 9.80. The van der Waals surface area contributed by atoms with Crippen molar-refractivity contribution in [2.24, 2.45) is 23.2 Å². The Labute approximate surface area is 294 Å². The van der Waals surface area contributed by atoms with Crippen LogP contribution in [0.1, 0.15) is 121 Å². The second-order valence-electron chi connectivity index (χ2n) is 14.5. The van der Waals surface area contributed by atoms with Crippen molar-refractivity contribution in [3.05, 3.63) is 29.3 Å². The van der Waals surface area contributed by atoms with Crippen LogP contribution in [-0.4, -0.2) is 49.6 Å². The Bertz CT molecular complexity index is 1400. The first-order valence-electron chi connectivity index (χ1n) is 17.6. The Kier molecular flexibility index (Phi) is 13.5. The molecule has 0 saturated heterocycles. The fourth-order valence-electron chi connectivity index (χ4n) is 8.75. The van der Waals surface area contributed by atoms with Gasteiger partial charge in [-0.05, 0) is 110 Å². The zero-order valence-electron chi connectivity index (χ0n) is 28.5. The van der Waals surface area contributed by atoms with Crippen molar-refractivity contribution < 1.29 is 57.3 Å². The van der Waals surface area contributed by atoms with E-state index in [1.807, 2.05) is 0 Å². The minimum Gasteiger partial charge on any atom is -0.462 e. The molecular weight excluding hydrogens is 716 g/mol. The van der Waals surface area contributed by atoms with Gasteiger partial charge in [-0.15, -0.1) is 0 Å². The van der Waals surface area contributed by atoms with Crippen LogP contribution in [0.15, 0.2) is 18.2 Å². The lowest BCUT2D eigenvalue weighted by Crippen LogP contribution is -2.48. The molecule has 0 aromatic heterocycles. The number of benzene rings is 1. The lowest BCUT2D eigenvalue weighted by atomic mass is 9.52. The van der Waals surface area contributed by atoms with E-state index in [-0.39, 0.29) is 47.2 Å². The molecule has 2 fully saturated rings. The van der Waals surface area contributed by atoms with Crippen LogP contribution in [0.3, 0.4) is 0 Å². The maximum absolute atomic E-state index is 13.0. The van der Waals surface area contributed by atoms with Gasteiger partial charge in [-0.25, -0.2) is 0 Å². The normalized spacial score (nSPS) is 27.0. The summed E-state index contributed by atoms with van der Waals surface area (Å²) in [5, 5.41) is 0. The van der Waals surface area contributed by atoms with E-state index in [0.717, 1.165) is 93.9 Å². The highest BCUT2D eigenvalue weighted by Crippen LogP contribution is 2.63. The molecule has 50 heavy (non-hydrogen) atoms. The van der Waals surface area contributed by atoms with Gasteiger partial charge in [0.25, 0.3) is 0 Å². The summed E-state index contributed by atoms with van der Waals surface area (Å²) in [4.78, 5) is 11.9. The van der Waals surface area contributed by atoms with E-state index in [9.17, 15) is 48.3 Å². The molecular formula is C35H48F8O5S2. The summed E-state index contributed by atoms with van der Waals surface area (Å²) in [6, 6.07) is 4.47. The number of ether oxygens (including phenoxy) is 1. The van der Waals surface area contributed by atoms with E-state index in [1.54, 1.807) is 6.07 Å². The summed E-state index contributed by atoms with van der Waals surface area (Å²) >= 11 is 1.40. The summed E-state index contributed by atoms with van der Waals surface area (Å²) in [5.41, 5.74) is -3.86. The second-order valence-corrected chi connectivity index (χ2v) is 17.3. The van der Waals surface area contributed by atoms with Crippen LogP contribution in [0.5, 0.6) is 5.75 Å². The topological polar surface area (TPSA) is 69.7 Å². The van der Waals surface area contributed by atoms with E-state index in [0.29, 0.717) is 18.3 Å².